The van der Waals surface area contributed by atoms with Crippen molar-refractivity contribution in [2.75, 3.05) is 6.54 Å². The van der Waals surface area contributed by atoms with Crippen LogP contribution in [-0.2, 0) is 6.42 Å². The highest BCUT2D eigenvalue weighted by atomic mass is 15.0. The van der Waals surface area contributed by atoms with Crippen LogP contribution < -0.4 is 5.73 Å². The molecule has 3 N–H and O–H groups in total. The van der Waals surface area contributed by atoms with Crippen molar-refractivity contribution in [2.45, 2.75) is 39.0 Å². The van der Waals surface area contributed by atoms with Crippen molar-refractivity contribution in [3.63, 3.8) is 0 Å². The highest BCUT2D eigenvalue weighted by Gasteiger charge is 2.09. The molecule has 2 heterocycles. The van der Waals surface area contributed by atoms with Gasteiger partial charge in [-0.2, -0.15) is 0 Å². The van der Waals surface area contributed by atoms with E-state index >= 15 is 0 Å². The Morgan fingerprint density at radius 2 is 2.22 bits per heavy atom. The lowest BCUT2D eigenvalue weighted by Crippen LogP contribution is -2.10. The molecule has 0 amide bonds. The van der Waals surface area contributed by atoms with Crippen molar-refractivity contribution >= 4 is 11.2 Å². The highest BCUT2D eigenvalue weighted by Crippen LogP contribution is 2.18. The first-order valence-corrected chi connectivity index (χ1v) is 6.68. The summed E-state index contributed by atoms with van der Waals surface area (Å²) >= 11 is 0. The van der Waals surface area contributed by atoms with Crippen LogP contribution in [0.3, 0.4) is 0 Å². The number of nitrogens with two attached hydrogens (primary N) is 1. The van der Waals surface area contributed by atoms with Gasteiger partial charge in [-0.1, -0.05) is 19.8 Å². The largest absolute Gasteiger partial charge is 0.339 e. The molecule has 2 aromatic rings. The van der Waals surface area contributed by atoms with E-state index < -0.39 is 0 Å². The number of aromatic nitrogens is 4. The normalized spacial score (nSPS) is 13.0. The summed E-state index contributed by atoms with van der Waals surface area (Å²) in [4.78, 5) is 15.8. The number of aryl methyl sites for hydroxylation is 1. The van der Waals surface area contributed by atoms with E-state index in [1.165, 1.54) is 19.2 Å². The molecule has 0 saturated heterocycles. The van der Waals surface area contributed by atoms with Gasteiger partial charge in [-0.3, -0.25) is 0 Å². The van der Waals surface area contributed by atoms with Crippen LogP contribution in [0.25, 0.3) is 11.2 Å². The van der Waals surface area contributed by atoms with Gasteiger partial charge in [-0.25, -0.2) is 15.0 Å². The minimum absolute atomic E-state index is 0.708. The van der Waals surface area contributed by atoms with Crippen molar-refractivity contribution < 1.29 is 0 Å². The zero-order valence-corrected chi connectivity index (χ0v) is 10.9. The van der Waals surface area contributed by atoms with Crippen LogP contribution in [0.1, 0.15) is 38.4 Å². The molecule has 0 bridgehead atoms. The Balaban J connectivity index is 1.95. The molecule has 0 aliphatic carbocycles. The van der Waals surface area contributed by atoms with Crippen LogP contribution in [0.2, 0.25) is 0 Å². The SMILES string of the molecule is CCCC(CCN)CCc1nc2ncncc2[nH]1. The highest BCUT2D eigenvalue weighted by molar-refractivity contribution is 5.68. The molecule has 0 saturated carbocycles. The molecule has 0 radical (unpaired) electrons. The van der Waals surface area contributed by atoms with Crippen LogP contribution in [0.4, 0.5) is 0 Å². The van der Waals surface area contributed by atoms with Crippen LogP contribution in [0.5, 0.6) is 0 Å². The Labute approximate surface area is 107 Å². The second-order valence-corrected chi connectivity index (χ2v) is 4.71. The topological polar surface area (TPSA) is 80.5 Å². The molecule has 2 rings (SSSR count). The lowest BCUT2D eigenvalue weighted by Gasteiger charge is -2.13. The van der Waals surface area contributed by atoms with Crippen molar-refractivity contribution in [3.05, 3.63) is 18.3 Å². The predicted molar refractivity (Wildman–Crippen MR) is 72.1 cm³/mol. The number of nitrogens with one attached hydrogen (secondary N) is 1. The molecule has 1 unspecified atom stereocenters. The van der Waals surface area contributed by atoms with Crippen molar-refractivity contribution in [2.24, 2.45) is 11.7 Å². The summed E-state index contributed by atoms with van der Waals surface area (Å²) in [5.74, 6) is 1.71. The Hall–Kier alpha value is -1.49. The molecule has 0 fully saturated rings. The van der Waals surface area contributed by atoms with Crippen molar-refractivity contribution in [3.8, 4) is 0 Å². The van der Waals surface area contributed by atoms with Crippen molar-refractivity contribution in [1.82, 2.24) is 19.9 Å². The van der Waals surface area contributed by atoms with E-state index in [0.717, 1.165) is 42.8 Å². The number of hydrogen-bond donors (Lipinski definition) is 2. The maximum Gasteiger partial charge on any atom is 0.180 e. The van der Waals surface area contributed by atoms with Crippen LogP contribution >= 0.6 is 0 Å². The second kappa shape index (κ2) is 6.44. The predicted octanol–water partition coefficient (Wildman–Crippen LogP) is 2.05. The van der Waals surface area contributed by atoms with Gasteiger partial charge in [0, 0.05) is 6.42 Å². The van der Waals surface area contributed by atoms with Gasteiger partial charge in [0.15, 0.2) is 5.65 Å². The van der Waals surface area contributed by atoms with E-state index in [0.29, 0.717) is 5.92 Å². The smallest absolute Gasteiger partial charge is 0.180 e. The zero-order chi connectivity index (χ0) is 12.8. The maximum atomic E-state index is 5.65. The molecule has 0 aliphatic rings. The van der Waals surface area contributed by atoms with Crippen LogP contribution in [0.15, 0.2) is 12.5 Å². The summed E-state index contributed by atoms with van der Waals surface area (Å²) in [6, 6.07) is 0. The number of rotatable bonds is 7. The summed E-state index contributed by atoms with van der Waals surface area (Å²) in [7, 11) is 0. The van der Waals surface area contributed by atoms with E-state index in [4.69, 9.17) is 5.73 Å². The Morgan fingerprint density at radius 3 is 2.94 bits per heavy atom. The van der Waals surface area contributed by atoms with E-state index in [9.17, 15) is 0 Å². The Bertz CT molecular complexity index is 440. The zero-order valence-electron chi connectivity index (χ0n) is 10.9. The summed E-state index contributed by atoms with van der Waals surface area (Å²) < 4.78 is 0. The molecule has 5 nitrogen and oxygen atoms in total. The first-order valence-electron chi connectivity index (χ1n) is 6.68. The Morgan fingerprint density at radius 1 is 1.33 bits per heavy atom. The van der Waals surface area contributed by atoms with Gasteiger partial charge in [0.25, 0.3) is 0 Å². The fourth-order valence-corrected chi connectivity index (χ4v) is 2.35. The van der Waals surface area contributed by atoms with Crippen molar-refractivity contribution in [1.29, 1.82) is 0 Å². The molecule has 98 valence electrons. The second-order valence-electron chi connectivity index (χ2n) is 4.71. The number of hydrogen-bond acceptors (Lipinski definition) is 4. The van der Waals surface area contributed by atoms with E-state index in [1.54, 1.807) is 6.20 Å². The molecule has 0 aliphatic heterocycles. The monoisotopic (exact) mass is 247 g/mol. The third-order valence-corrected chi connectivity index (χ3v) is 3.27. The van der Waals surface area contributed by atoms with E-state index in [-0.39, 0.29) is 0 Å². The van der Waals surface area contributed by atoms with Gasteiger partial charge in [-0.05, 0) is 25.3 Å². The fourth-order valence-electron chi connectivity index (χ4n) is 2.35. The first-order chi connectivity index (χ1) is 8.83. The fraction of sp³-hybridized carbons (Fsp3) is 0.615. The molecular weight excluding hydrogens is 226 g/mol. The number of fused-ring (bicyclic) bond motifs is 1. The standard InChI is InChI=1S/C13H21N5/c1-2-3-10(6-7-14)4-5-12-17-11-8-15-9-16-13(11)18-12/h8-10H,2-7,14H2,1H3,(H,15,16,17,18). The maximum absolute atomic E-state index is 5.65. The molecule has 5 heteroatoms. The molecule has 0 spiro atoms. The summed E-state index contributed by atoms with van der Waals surface area (Å²) in [6.45, 7) is 3.00. The number of imidazole rings is 1. The number of H-pyrrole nitrogens is 1. The third-order valence-electron chi connectivity index (χ3n) is 3.27. The summed E-state index contributed by atoms with van der Waals surface area (Å²) in [6.07, 6.45) is 8.96. The molecule has 18 heavy (non-hydrogen) atoms. The van der Waals surface area contributed by atoms with Gasteiger partial charge in [-0.15, -0.1) is 0 Å². The third kappa shape index (κ3) is 3.26. The molecular formula is C13H21N5. The molecule has 0 aromatic carbocycles. The van der Waals surface area contributed by atoms with Gasteiger partial charge in [0.1, 0.15) is 17.7 Å². The number of nitrogens with zero attached hydrogens (tertiary/aromatic N) is 3. The lowest BCUT2D eigenvalue weighted by atomic mass is 9.94. The van der Waals surface area contributed by atoms with E-state index in [2.05, 4.69) is 26.9 Å². The first kappa shape index (κ1) is 13.0. The van der Waals surface area contributed by atoms with Gasteiger partial charge < -0.3 is 10.7 Å². The average molecular weight is 247 g/mol. The quantitative estimate of drug-likeness (QED) is 0.784. The average Bonchev–Trinajstić information content (AvgIpc) is 2.79. The van der Waals surface area contributed by atoms with Crippen LogP contribution in [-0.4, -0.2) is 26.5 Å². The minimum Gasteiger partial charge on any atom is -0.339 e. The summed E-state index contributed by atoms with van der Waals surface area (Å²) in [5, 5.41) is 0. The molecule has 2 aromatic heterocycles. The summed E-state index contributed by atoms with van der Waals surface area (Å²) in [5.41, 5.74) is 7.32. The minimum atomic E-state index is 0.708. The van der Waals surface area contributed by atoms with Gasteiger partial charge >= 0.3 is 0 Å². The Kier molecular flexibility index (Phi) is 4.64. The van der Waals surface area contributed by atoms with Crippen LogP contribution in [0, 0.1) is 5.92 Å². The van der Waals surface area contributed by atoms with E-state index in [1.807, 2.05) is 0 Å². The molecule has 1 atom stereocenters. The number of aromatic amines is 1. The van der Waals surface area contributed by atoms with Gasteiger partial charge in [0.2, 0.25) is 0 Å². The lowest BCUT2D eigenvalue weighted by molar-refractivity contribution is 0.418. The van der Waals surface area contributed by atoms with Gasteiger partial charge in [0.05, 0.1) is 6.20 Å².